The minimum absolute atomic E-state index is 0.222. The van der Waals surface area contributed by atoms with Crippen molar-refractivity contribution in [3.63, 3.8) is 0 Å². The molecule has 3 nitrogen and oxygen atoms in total. The molecule has 0 unspecified atom stereocenters. The van der Waals surface area contributed by atoms with Crippen LogP contribution in [0.2, 0.25) is 5.15 Å². The highest BCUT2D eigenvalue weighted by molar-refractivity contribution is 6.76. The number of nitrogens with one attached hydrogen (secondary N) is 1. The van der Waals surface area contributed by atoms with E-state index in [0.29, 0.717) is 11.6 Å². The zero-order chi connectivity index (χ0) is 15.6. The van der Waals surface area contributed by atoms with Crippen LogP contribution in [0.3, 0.4) is 0 Å². The summed E-state index contributed by atoms with van der Waals surface area (Å²) in [7, 11) is 0. The third-order valence-corrected chi connectivity index (χ3v) is 3.58. The quantitative estimate of drug-likeness (QED) is 0.356. The molecule has 0 aliphatic rings. The van der Waals surface area contributed by atoms with Crippen molar-refractivity contribution in [2.45, 2.75) is 17.1 Å². The average molecular weight is 366 g/mol. The molecular weight excluding hydrogens is 354 g/mol. The second kappa shape index (κ2) is 6.57. The van der Waals surface area contributed by atoms with E-state index in [0.717, 1.165) is 22.0 Å². The zero-order valence-electron chi connectivity index (χ0n) is 11.1. The lowest BCUT2D eigenvalue weighted by Crippen LogP contribution is -2.22. The summed E-state index contributed by atoms with van der Waals surface area (Å²) < 4.78 is 3.32. The summed E-state index contributed by atoms with van der Waals surface area (Å²) in [4.78, 5) is 4.34. The Balaban J connectivity index is 2.18. The van der Waals surface area contributed by atoms with Gasteiger partial charge in [0.05, 0.1) is 12.1 Å². The SMILES string of the molecule is Cc1cc(CCOC(=N)C(Cl)(Cl)Cl)c2nc(Cl)ccc2c1. The van der Waals surface area contributed by atoms with Gasteiger partial charge in [-0.25, -0.2) is 4.98 Å². The molecule has 1 heterocycles. The van der Waals surface area contributed by atoms with Gasteiger partial charge in [-0.1, -0.05) is 58.0 Å². The van der Waals surface area contributed by atoms with Gasteiger partial charge < -0.3 is 4.74 Å². The van der Waals surface area contributed by atoms with Gasteiger partial charge in [0.1, 0.15) is 5.15 Å². The molecule has 0 aliphatic carbocycles. The van der Waals surface area contributed by atoms with Crippen molar-refractivity contribution >= 4 is 63.2 Å². The van der Waals surface area contributed by atoms with Gasteiger partial charge in [-0.05, 0) is 30.7 Å². The predicted octanol–water partition coefficient (Wildman–Crippen LogP) is 5.10. The van der Waals surface area contributed by atoms with Gasteiger partial charge in [0.15, 0.2) is 0 Å². The van der Waals surface area contributed by atoms with Crippen LogP contribution < -0.4 is 0 Å². The topological polar surface area (TPSA) is 46.0 Å². The van der Waals surface area contributed by atoms with Crippen LogP contribution in [0.5, 0.6) is 0 Å². The lowest BCUT2D eigenvalue weighted by molar-refractivity contribution is 0.300. The Kier molecular flexibility index (Phi) is 5.20. The summed E-state index contributed by atoms with van der Waals surface area (Å²) in [5.74, 6) is -0.393. The van der Waals surface area contributed by atoms with E-state index < -0.39 is 9.69 Å². The summed E-state index contributed by atoms with van der Waals surface area (Å²) >= 11 is 22.6. The smallest absolute Gasteiger partial charge is 0.265 e. The number of aryl methyl sites for hydroxylation is 1. The van der Waals surface area contributed by atoms with Crippen molar-refractivity contribution in [3.8, 4) is 0 Å². The van der Waals surface area contributed by atoms with Gasteiger partial charge >= 0.3 is 0 Å². The van der Waals surface area contributed by atoms with E-state index >= 15 is 0 Å². The molecule has 7 heteroatoms. The van der Waals surface area contributed by atoms with Crippen LogP contribution in [0.1, 0.15) is 11.1 Å². The fraction of sp³-hybridized carbons (Fsp3) is 0.286. The number of halogens is 4. The highest BCUT2D eigenvalue weighted by Gasteiger charge is 2.28. The second-order valence-electron chi connectivity index (χ2n) is 4.56. The summed E-state index contributed by atoms with van der Waals surface area (Å²) in [6.45, 7) is 2.22. The van der Waals surface area contributed by atoms with Crippen LogP contribution in [0.15, 0.2) is 24.3 Å². The fourth-order valence-corrected chi connectivity index (χ4v) is 2.30. The van der Waals surface area contributed by atoms with E-state index in [1.54, 1.807) is 6.07 Å². The Bertz CT molecular complexity index is 682. The molecule has 0 saturated heterocycles. The molecular formula is C14H12Cl4N2O. The molecule has 2 rings (SSSR count). The molecule has 0 spiro atoms. The maximum absolute atomic E-state index is 7.49. The molecule has 1 aromatic carbocycles. The molecule has 2 aromatic rings. The molecule has 0 bridgehead atoms. The van der Waals surface area contributed by atoms with Crippen LogP contribution in [0, 0.1) is 12.3 Å². The van der Waals surface area contributed by atoms with Gasteiger partial charge in [-0.2, -0.15) is 0 Å². The first-order valence-corrected chi connectivity index (χ1v) is 7.63. The summed E-state index contributed by atoms with van der Waals surface area (Å²) in [6, 6.07) is 7.72. The number of pyridine rings is 1. The average Bonchev–Trinajstić information content (AvgIpc) is 2.38. The molecule has 0 atom stereocenters. The molecule has 0 radical (unpaired) electrons. The van der Waals surface area contributed by atoms with Crippen molar-refractivity contribution in [1.82, 2.24) is 4.98 Å². The third kappa shape index (κ3) is 4.36. The van der Waals surface area contributed by atoms with Crippen molar-refractivity contribution in [2.24, 2.45) is 0 Å². The van der Waals surface area contributed by atoms with Crippen molar-refractivity contribution in [3.05, 3.63) is 40.5 Å². The molecule has 0 aliphatic heterocycles. The van der Waals surface area contributed by atoms with Crippen LogP contribution in [-0.2, 0) is 11.2 Å². The van der Waals surface area contributed by atoms with E-state index in [9.17, 15) is 0 Å². The van der Waals surface area contributed by atoms with Crippen LogP contribution in [0.25, 0.3) is 10.9 Å². The van der Waals surface area contributed by atoms with E-state index in [2.05, 4.69) is 4.98 Å². The summed E-state index contributed by atoms with van der Waals surface area (Å²) in [6.07, 6.45) is 0.536. The Morgan fingerprint density at radius 2 is 2.00 bits per heavy atom. The van der Waals surface area contributed by atoms with Gasteiger partial charge in [0, 0.05) is 11.8 Å². The molecule has 1 aromatic heterocycles. The fourth-order valence-electron chi connectivity index (χ4n) is 1.99. The Morgan fingerprint density at radius 1 is 1.29 bits per heavy atom. The number of rotatable bonds is 3. The molecule has 21 heavy (non-hydrogen) atoms. The highest BCUT2D eigenvalue weighted by atomic mass is 35.6. The lowest BCUT2D eigenvalue weighted by atomic mass is 10.0. The number of hydrogen-bond acceptors (Lipinski definition) is 3. The van der Waals surface area contributed by atoms with Gasteiger partial charge in [0.2, 0.25) is 5.90 Å². The normalized spacial score (nSPS) is 11.7. The van der Waals surface area contributed by atoms with E-state index in [4.69, 9.17) is 56.5 Å². The number of hydrogen-bond donors (Lipinski definition) is 1. The van der Waals surface area contributed by atoms with Crippen LogP contribution >= 0.6 is 46.4 Å². The number of aromatic nitrogens is 1. The summed E-state index contributed by atoms with van der Waals surface area (Å²) in [5.41, 5.74) is 2.90. The number of benzene rings is 1. The van der Waals surface area contributed by atoms with Gasteiger partial charge in [-0.15, -0.1) is 0 Å². The number of fused-ring (bicyclic) bond motifs is 1. The first kappa shape index (κ1) is 16.6. The molecule has 1 N–H and O–H groups in total. The predicted molar refractivity (Wildman–Crippen MR) is 89.2 cm³/mol. The maximum atomic E-state index is 7.49. The zero-order valence-corrected chi connectivity index (χ0v) is 14.1. The number of alkyl halides is 3. The number of ether oxygens (including phenoxy) is 1. The van der Waals surface area contributed by atoms with Gasteiger partial charge in [-0.3, -0.25) is 5.41 Å². The van der Waals surface area contributed by atoms with Crippen molar-refractivity contribution in [2.75, 3.05) is 6.61 Å². The molecule has 0 fully saturated rings. The van der Waals surface area contributed by atoms with Crippen molar-refractivity contribution in [1.29, 1.82) is 5.41 Å². The standard InChI is InChI=1S/C14H12Cl4N2O/c1-8-6-9-2-3-11(15)20-12(9)10(7-8)4-5-21-13(19)14(16,17)18/h2-3,6-7,19H,4-5H2,1H3. The second-order valence-corrected chi connectivity index (χ2v) is 7.22. The maximum Gasteiger partial charge on any atom is 0.265 e. The van der Waals surface area contributed by atoms with Crippen LogP contribution in [-0.4, -0.2) is 21.3 Å². The van der Waals surface area contributed by atoms with Crippen LogP contribution in [0.4, 0.5) is 0 Å². The lowest BCUT2D eigenvalue weighted by Gasteiger charge is -2.14. The Morgan fingerprint density at radius 3 is 2.67 bits per heavy atom. The minimum atomic E-state index is -1.84. The molecule has 0 saturated carbocycles. The van der Waals surface area contributed by atoms with E-state index in [1.807, 2.05) is 25.1 Å². The Labute approximate surface area is 142 Å². The first-order valence-electron chi connectivity index (χ1n) is 6.11. The van der Waals surface area contributed by atoms with E-state index in [1.165, 1.54) is 0 Å². The highest BCUT2D eigenvalue weighted by Crippen LogP contribution is 2.28. The third-order valence-electron chi connectivity index (χ3n) is 2.86. The van der Waals surface area contributed by atoms with E-state index in [-0.39, 0.29) is 6.61 Å². The Hall–Kier alpha value is -0.740. The summed E-state index contributed by atoms with van der Waals surface area (Å²) in [5, 5.41) is 8.93. The molecule has 112 valence electrons. The number of nitrogens with zero attached hydrogens (tertiary/aromatic N) is 1. The first-order chi connectivity index (χ1) is 9.77. The van der Waals surface area contributed by atoms with Crippen molar-refractivity contribution < 1.29 is 4.74 Å². The van der Waals surface area contributed by atoms with Gasteiger partial charge in [0.25, 0.3) is 3.79 Å². The largest absolute Gasteiger partial charge is 0.478 e. The molecule has 0 amide bonds. The monoisotopic (exact) mass is 364 g/mol. The minimum Gasteiger partial charge on any atom is -0.478 e.